The average molecular weight is 268 g/mol. The summed E-state index contributed by atoms with van der Waals surface area (Å²) in [4.78, 5) is 3.64. The quantitative estimate of drug-likeness (QED) is 0.930. The zero-order chi connectivity index (χ0) is 13.1. The number of ether oxygens (including phenoxy) is 1. The maximum Gasteiger partial charge on any atom is 0.147 e. The lowest BCUT2D eigenvalue weighted by Crippen LogP contribution is -2.05. The second kappa shape index (κ2) is 5.33. The van der Waals surface area contributed by atoms with Crippen LogP contribution in [-0.2, 0) is 0 Å². The minimum Gasteiger partial charge on any atom is -0.496 e. The molecule has 0 saturated heterocycles. The van der Waals surface area contributed by atoms with Gasteiger partial charge in [0.1, 0.15) is 17.7 Å². The minimum absolute atomic E-state index is 0.144. The highest BCUT2D eigenvalue weighted by molar-refractivity contribution is 6.30. The van der Waals surface area contributed by atoms with Gasteiger partial charge in [-0.1, -0.05) is 17.7 Å². The summed E-state index contributed by atoms with van der Waals surface area (Å²) >= 11 is 5.83. The van der Waals surface area contributed by atoms with Crippen molar-refractivity contribution >= 4 is 11.6 Å². The SMILES string of the molecule is COc1cc(Cl)ccc1C(O)c1ccncc1F. The van der Waals surface area contributed by atoms with Gasteiger partial charge in [-0.2, -0.15) is 0 Å². The van der Waals surface area contributed by atoms with Gasteiger partial charge in [0, 0.05) is 22.3 Å². The van der Waals surface area contributed by atoms with E-state index in [1.54, 1.807) is 18.2 Å². The molecule has 0 amide bonds. The molecule has 5 heteroatoms. The molecule has 2 rings (SSSR count). The first-order valence-electron chi connectivity index (χ1n) is 5.24. The Bertz CT molecular complexity index is 562. The molecule has 1 heterocycles. The van der Waals surface area contributed by atoms with E-state index in [4.69, 9.17) is 16.3 Å². The van der Waals surface area contributed by atoms with Crippen molar-refractivity contribution in [3.05, 3.63) is 58.6 Å². The lowest BCUT2D eigenvalue weighted by Gasteiger charge is -2.15. The van der Waals surface area contributed by atoms with Crippen LogP contribution in [0.3, 0.4) is 0 Å². The number of aromatic nitrogens is 1. The number of aliphatic hydroxyl groups excluding tert-OH is 1. The summed E-state index contributed by atoms with van der Waals surface area (Å²) in [5, 5.41) is 10.7. The van der Waals surface area contributed by atoms with Crippen LogP contribution in [0.4, 0.5) is 4.39 Å². The zero-order valence-electron chi connectivity index (χ0n) is 9.60. The molecule has 0 saturated carbocycles. The number of aliphatic hydroxyl groups is 1. The van der Waals surface area contributed by atoms with Gasteiger partial charge in [0.25, 0.3) is 0 Å². The van der Waals surface area contributed by atoms with Crippen molar-refractivity contribution in [2.75, 3.05) is 7.11 Å². The smallest absolute Gasteiger partial charge is 0.147 e. The molecule has 3 nitrogen and oxygen atoms in total. The summed E-state index contributed by atoms with van der Waals surface area (Å²) in [6, 6.07) is 6.21. The fraction of sp³-hybridized carbons (Fsp3) is 0.154. The molecular weight excluding hydrogens is 257 g/mol. The van der Waals surface area contributed by atoms with Gasteiger partial charge in [-0.15, -0.1) is 0 Å². The predicted octanol–water partition coefficient (Wildman–Crippen LogP) is 2.96. The Morgan fingerprint density at radius 2 is 2.11 bits per heavy atom. The molecule has 1 atom stereocenters. The monoisotopic (exact) mass is 267 g/mol. The van der Waals surface area contributed by atoms with Crippen molar-refractivity contribution in [3.63, 3.8) is 0 Å². The van der Waals surface area contributed by atoms with E-state index in [0.717, 1.165) is 6.20 Å². The Morgan fingerprint density at radius 1 is 1.33 bits per heavy atom. The maximum absolute atomic E-state index is 13.6. The lowest BCUT2D eigenvalue weighted by atomic mass is 10.0. The second-order valence-electron chi connectivity index (χ2n) is 3.69. The van der Waals surface area contributed by atoms with E-state index >= 15 is 0 Å². The lowest BCUT2D eigenvalue weighted by molar-refractivity contribution is 0.209. The Balaban J connectivity index is 2.46. The topological polar surface area (TPSA) is 42.4 Å². The molecule has 2 aromatic rings. The predicted molar refractivity (Wildman–Crippen MR) is 66.3 cm³/mol. The highest BCUT2D eigenvalue weighted by atomic mass is 35.5. The van der Waals surface area contributed by atoms with Crippen molar-refractivity contribution in [1.82, 2.24) is 4.98 Å². The van der Waals surface area contributed by atoms with Gasteiger partial charge in [0.05, 0.1) is 13.3 Å². The summed E-state index contributed by atoms with van der Waals surface area (Å²) in [7, 11) is 1.46. The number of benzene rings is 1. The van der Waals surface area contributed by atoms with E-state index in [1.165, 1.54) is 19.4 Å². The maximum atomic E-state index is 13.6. The fourth-order valence-corrected chi connectivity index (χ4v) is 1.85. The van der Waals surface area contributed by atoms with Gasteiger partial charge < -0.3 is 9.84 Å². The molecule has 1 N–H and O–H groups in total. The molecule has 0 bridgehead atoms. The van der Waals surface area contributed by atoms with Crippen LogP contribution in [-0.4, -0.2) is 17.2 Å². The minimum atomic E-state index is -1.12. The summed E-state index contributed by atoms with van der Waals surface area (Å²) in [5.74, 6) is -0.159. The van der Waals surface area contributed by atoms with Crippen molar-refractivity contribution < 1.29 is 14.2 Å². The van der Waals surface area contributed by atoms with E-state index < -0.39 is 11.9 Å². The van der Waals surface area contributed by atoms with Crippen LogP contribution >= 0.6 is 11.6 Å². The summed E-state index contributed by atoms with van der Waals surface area (Å²) in [5.41, 5.74) is 0.595. The molecule has 0 aliphatic carbocycles. The molecule has 0 radical (unpaired) electrons. The Morgan fingerprint density at radius 3 is 2.78 bits per heavy atom. The van der Waals surface area contributed by atoms with Crippen molar-refractivity contribution in [1.29, 1.82) is 0 Å². The van der Waals surface area contributed by atoms with E-state index in [9.17, 15) is 9.50 Å². The van der Waals surface area contributed by atoms with Gasteiger partial charge in [-0.3, -0.25) is 4.98 Å². The molecule has 0 spiro atoms. The summed E-state index contributed by atoms with van der Waals surface area (Å²) < 4.78 is 18.7. The highest BCUT2D eigenvalue weighted by Gasteiger charge is 2.18. The first kappa shape index (κ1) is 12.8. The number of halogens is 2. The van der Waals surface area contributed by atoms with E-state index in [0.29, 0.717) is 16.3 Å². The van der Waals surface area contributed by atoms with Crippen molar-refractivity contribution in [2.45, 2.75) is 6.10 Å². The standard InChI is InChI=1S/C13H11ClFNO2/c1-18-12-6-8(14)2-3-10(12)13(17)9-4-5-16-7-11(9)15/h2-7,13,17H,1H3. The molecule has 0 aliphatic heterocycles. The van der Waals surface area contributed by atoms with E-state index in [2.05, 4.69) is 4.98 Å². The third-order valence-corrected chi connectivity index (χ3v) is 2.82. The second-order valence-corrected chi connectivity index (χ2v) is 4.12. The van der Waals surface area contributed by atoms with Gasteiger partial charge in [0.15, 0.2) is 0 Å². The summed E-state index contributed by atoms with van der Waals surface area (Å²) in [6.07, 6.45) is 1.35. The van der Waals surface area contributed by atoms with Crippen LogP contribution in [0.25, 0.3) is 0 Å². The third-order valence-electron chi connectivity index (χ3n) is 2.59. The Labute approximate surface area is 109 Å². The van der Waals surface area contributed by atoms with E-state index in [1.807, 2.05) is 0 Å². The van der Waals surface area contributed by atoms with Crippen LogP contribution in [0.2, 0.25) is 5.02 Å². The largest absolute Gasteiger partial charge is 0.496 e. The van der Waals surface area contributed by atoms with Crippen LogP contribution in [0.5, 0.6) is 5.75 Å². The normalized spacial score (nSPS) is 12.2. The summed E-state index contributed by atoms with van der Waals surface area (Å²) in [6.45, 7) is 0. The molecule has 94 valence electrons. The number of hydrogen-bond acceptors (Lipinski definition) is 3. The number of methoxy groups -OCH3 is 1. The van der Waals surface area contributed by atoms with Crippen LogP contribution in [0.15, 0.2) is 36.7 Å². The Hall–Kier alpha value is -1.65. The van der Waals surface area contributed by atoms with Gasteiger partial charge >= 0.3 is 0 Å². The van der Waals surface area contributed by atoms with Crippen molar-refractivity contribution in [3.8, 4) is 5.75 Å². The van der Waals surface area contributed by atoms with Gasteiger partial charge in [-0.05, 0) is 18.2 Å². The van der Waals surface area contributed by atoms with Gasteiger partial charge in [0.2, 0.25) is 0 Å². The highest BCUT2D eigenvalue weighted by Crippen LogP contribution is 2.32. The number of pyridine rings is 1. The van der Waals surface area contributed by atoms with Gasteiger partial charge in [-0.25, -0.2) is 4.39 Å². The molecule has 0 fully saturated rings. The Kier molecular flexibility index (Phi) is 3.79. The molecule has 0 aliphatic rings. The third kappa shape index (κ3) is 2.44. The fourth-order valence-electron chi connectivity index (χ4n) is 1.69. The van der Waals surface area contributed by atoms with Crippen LogP contribution in [0.1, 0.15) is 17.2 Å². The molecule has 1 aromatic heterocycles. The first-order valence-corrected chi connectivity index (χ1v) is 5.62. The molecule has 1 aromatic carbocycles. The number of nitrogens with zero attached hydrogens (tertiary/aromatic N) is 1. The zero-order valence-corrected chi connectivity index (χ0v) is 10.4. The molecule has 18 heavy (non-hydrogen) atoms. The average Bonchev–Trinajstić information content (AvgIpc) is 2.38. The van der Waals surface area contributed by atoms with Crippen LogP contribution < -0.4 is 4.74 Å². The number of rotatable bonds is 3. The van der Waals surface area contributed by atoms with E-state index in [-0.39, 0.29) is 5.56 Å². The molecular formula is C13H11ClFNO2. The number of hydrogen-bond donors (Lipinski definition) is 1. The van der Waals surface area contributed by atoms with Crippen LogP contribution in [0, 0.1) is 5.82 Å². The first-order chi connectivity index (χ1) is 8.63. The van der Waals surface area contributed by atoms with Crippen molar-refractivity contribution in [2.24, 2.45) is 0 Å². The molecule has 1 unspecified atom stereocenters.